The van der Waals surface area contributed by atoms with Crippen molar-refractivity contribution < 1.29 is 4.79 Å². The predicted octanol–water partition coefficient (Wildman–Crippen LogP) is 2.00. The molecule has 1 aliphatic rings. The van der Waals surface area contributed by atoms with Gasteiger partial charge in [-0.15, -0.1) is 0 Å². The number of nitrogens with zero attached hydrogens (tertiary/aromatic N) is 3. The largest absolute Gasteiger partial charge is 0.343 e. The van der Waals surface area contributed by atoms with Gasteiger partial charge in [-0.1, -0.05) is 12.8 Å². The summed E-state index contributed by atoms with van der Waals surface area (Å²) in [5, 5.41) is 7.68. The van der Waals surface area contributed by atoms with Gasteiger partial charge in [-0.2, -0.15) is 5.10 Å². The van der Waals surface area contributed by atoms with E-state index >= 15 is 0 Å². The second-order valence-corrected chi connectivity index (χ2v) is 6.16. The van der Waals surface area contributed by atoms with Crippen LogP contribution in [0.5, 0.6) is 0 Å². The Morgan fingerprint density at radius 2 is 2.00 bits per heavy atom. The van der Waals surface area contributed by atoms with Gasteiger partial charge in [-0.05, 0) is 26.7 Å². The highest BCUT2D eigenvalue weighted by Crippen LogP contribution is 2.12. The van der Waals surface area contributed by atoms with Crippen molar-refractivity contribution in [2.24, 2.45) is 7.05 Å². The van der Waals surface area contributed by atoms with E-state index in [1.165, 1.54) is 24.1 Å². The molecule has 1 atom stereocenters. The molecule has 5 nitrogen and oxygen atoms in total. The van der Waals surface area contributed by atoms with Crippen molar-refractivity contribution >= 4 is 5.91 Å². The van der Waals surface area contributed by atoms with E-state index < -0.39 is 0 Å². The average molecular weight is 292 g/mol. The van der Waals surface area contributed by atoms with Crippen LogP contribution in [0.4, 0.5) is 0 Å². The van der Waals surface area contributed by atoms with Gasteiger partial charge in [0.2, 0.25) is 5.91 Å². The van der Waals surface area contributed by atoms with Crippen molar-refractivity contribution in [3.63, 3.8) is 0 Å². The normalized spacial score (nSPS) is 17.6. The van der Waals surface area contributed by atoms with Crippen LogP contribution in [0.1, 0.15) is 50.3 Å². The molecule has 21 heavy (non-hydrogen) atoms. The number of rotatable bonds is 5. The monoisotopic (exact) mass is 292 g/mol. The molecular weight excluding hydrogens is 264 g/mol. The van der Waals surface area contributed by atoms with Crippen LogP contribution in [0, 0.1) is 6.92 Å². The van der Waals surface area contributed by atoms with Crippen LogP contribution in [0.15, 0.2) is 6.20 Å². The summed E-state index contributed by atoms with van der Waals surface area (Å²) < 4.78 is 1.88. The summed E-state index contributed by atoms with van der Waals surface area (Å²) in [6.07, 6.45) is 7.31. The summed E-state index contributed by atoms with van der Waals surface area (Å²) in [6, 6.07) is 0.195. The maximum absolute atomic E-state index is 12.3. The van der Waals surface area contributed by atoms with Crippen molar-refractivity contribution in [3.05, 3.63) is 17.5 Å². The van der Waals surface area contributed by atoms with Gasteiger partial charge in [-0.3, -0.25) is 9.48 Å². The number of likely N-dealkylation sites (tertiary alicyclic amines) is 1. The highest BCUT2D eigenvalue weighted by Gasteiger charge is 2.18. The lowest BCUT2D eigenvalue weighted by Crippen LogP contribution is -2.37. The summed E-state index contributed by atoms with van der Waals surface area (Å²) in [5.41, 5.74) is 2.38. The molecule has 0 bridgehead atoms. The Kier molecular flexibility index (Phi) is 5.79. The second kappa shape index (κ2) is 7.59. The molecule has 1 aliphatic heterocycles. The Bertz CT molecular complexity index is 461. The van der Waals surface area contributed by atoms with Gasteiger partial charge in [0.1, 0.15) is 0 Å². The van der Waals surface area contributed by atoms with Gasteiger partial charge in [-0.25, -0.2) is 0 Å². The Morgan fingerprint density at radius 1 is 1.33 bits per heavy atom. The van der Waals surface area contributed by atoms with E-state index in [-0.39, 0.29) is 6.04 Å². The summed E-state index contributed by atoms with van der Waals surface area (Å²) in [5.74, 6) is 0.291. The molecule has 0 aromatic carbocycles. The van der Waals surface area contributed by atoms with Gasteiger partial charge >= 0.3 is 0 Å². The van der Waals surface area contributed by atoms with Gasteiger partial charge in [0, 0.05) is 50.4 Å². The lowest BCUT2D eigenvalue weighted by molar-refractivity contribution is -0.131. The molecule has 1 amide bonds. The van der Waals surface area contributed by atoms with Crippen LogP contribution >= 0.6 is 0 Å². The minimum absolute atomic E-state index is 0.195. The molecule has 0 aliphatic carbocycles. The van der Waals surface area contributed by atoms with E-state index in [4.69, 9.17) is 0 Å². The SMILES string of the molecule is Cc1c(CNC(C)CC(=O)N2CCCCCC2)cnn1C. The van der Waals surface area contributed by atoms with Crippen LogP contribution < -0.4 is 5.32 Å². The molecule has 2 rings (SSSR count). The first kappa shape index (κ1) is 16.0. The first-order valence-corrected chi connectivity index (χ1v) is 8.06. The van der Waals surface area contributed by atoms with Crippen molar-refractivity contribution in [2.75, 3.05) is 13.1 Å². The van der Waals surface area contributed by atoms with Crippen LogP contribution in [0.2, 0.25) is 0 Å². The standard InChI is InChI=1S/C16H28N4O/c1-13(17-11-15-12-18-19(3)14(15)2)10-16(21)20-8-6-4-5-7-9-20/h12-13,17H,4-11H2,1-3H3. The quantitative estimate of drug-likeness (QED) is 0.903. The Balaban J connectivity index is 1.77. The molecule has 0 radical (unpaired) electrons. The lowest BCUT2D eigenvalue weighted by Gasteiger charge is -2.22. The van der Waals surface area contributed by atoms with Crippen LogP contribution in [0.25, 0.3) is 0 Å². The maximum atomic E-state index is 12.3. The highest BCUT2D eigenvalue weighted by atomic mass is 16.2. The summed E-state index contributed by atoms with van der Waals surface area (Å²) in [6.45, 7) is 6.80. The smallest absolute Gasteiger partial charge is 0.224 e. The van der Waals surface area contributed by atoms with Crippen molar-refractivity contribution in [1.82, 2.24) is 20.0 Å². The maximum Gasteiger partial charge on any atom is 0.224 e. The third-order valence-corrected chi connectivity index (χ3v) is 4.42. The van der Waals surface area contributed by atoms with E-state index in [9.17, 15) is 4.79 Å². The Morgan fingerprint density at radius 3 is 2.57 bits per heavy atom. The number of aromatic nitrogens is 2. The summed E-state index contributed by atoms with van der Waals surface area (Å²) in [7, 11) is 1.95. The second-order valence-electron chi connectivity index (χ2n) is 6.16. The zero-order chi connectivity index (χ0) is 15.2. The summed E-state index contributed by atoms with van der Waals surface area (Å²) >= 11 is 0. The Labute approximate surface area is 127 Å². The molecule has 1 aromatic rings. The molecule has 1 aromatic heterocycles. The minimum Gasteiger partial charge on any atom is -0.343 e. The van der Waals surface area contributed by atoms with Gasteiger partial charge in [0.25, 0.3) is 0 Å². The third-order valence-electron chi connectivity index (χ3n) is 4.42. The molecule has 1 fully saturated rings. The Hall–Kier alpha value is -1.36. The number of nitrogens with one attached hydrogen (secondary N) is 1. The number of amides is 1. The van der Waals surface area contributed by atoms with Gasteiger partial charge in [0.15, 0.2) is 0 Å². The molecule has 2 heterocycles. The van der Waals surface area contributed by atoms with E-state index in [1.54, 1.807) is 0 Å². The number of hydrogen-bond acceptors (Lipinski definition) is 3. The fourth-order valence-electron chi connectivity index (χ4n) is 2.79. The first-order valence-electron chi connectivity index (χ1n) is 8.06. The van der Waals surface area contributed by atoms with Crippen molar-refractivity contribution in [2.45, 2.75) is 58.5 Å². The first-order chi connectivity index (χ1) is 10.1. The van der Waals surface area contributed by atoms with Crippen LogP contribution in [-0.4, -0.2) is 39.7 Å². The molecule has 1 saturated heterocycles. The number of carbonyl (C=O) groups is 1. The molecule has 1 unspecified atom stereocenters. The molecule has 0 spiro atoms. The topological polar surface area (TPSA) is 50.2 Å². The highest BCUT2D eigenvalue weighted by molar-refractivity contribution is 5.76. The molecule has 118 valence electrons. The molecule has 1 N–H and O–H groups in total. The van der Waals surface area contributed by atoms with Gasteiger partial charge in [0.05, 0.1) is 6.20 Å². The van der Waals surface area contributed by atoms with E-state index in [0.29, 0.717) is 12.3 Å². The van der Waals surface area contributed by atoms with E-state index in [0.717, 1.165) is 32.5 Å². The predicted molar refractivity (Wildman–Crippen MR) is 83.9 cm³/mol. The number of carbonyl (C=O) groups excluding carboxylic acids is 1. The van der Waals surface area contributed by atoms with Gasteiger partial charge < -0.3 is 10.2 Å². The van der Waals surface area contributed by atoms with Crippen LogP contribution in [0.3, 0.4) is 0 Å². The zero-order valence-electron chi connectivity index (χ0n) is 13.6. The molecule has 5 heteroatoms. The zero-order valence-corrected chi connectivity index (χ0v) is 13.6. The fourth-order valence-corrected chi connectivity index (χ4v) is 2.79. The van der Waals surface area contributed by atoms with E-state index in [2.05, 4.69) is 24.3 Å². The lowest BCUT2D eigenvalue weighted by atomic mass is 10.2. The fraction of sp³-hybridized carbons (Fsp3) is 0.750. The average Bonchev–Trinajstić information content (AvgIpc) is 2.70. The van der Waals surface area contributed by atoms with Crippen LogP contribution in [-0.2, 0) is 18.4 Å². The van der Waals surface area contributed by atoms with Crippen molar-refractivity contribution in [1.29, 1.82) is 0 Å². The van der Waals surface area contributed by atoms with Crippen molar-refractivity contribution in [3.8, 4) is 0 Å². The van der Waals surface area contributed by atoms with E-state index in [1.807, 2.05) is 22.8 Å². The minimum atomic E-state index is 0.195. The number of hydrogen-bond donors (Lipinski definition) is 1. The molecular formula is C16H28N4O. The molecule has 0 saturated carbocycles. The summed E-state index contributed by atoms with van der Waals surface area (Å²) in [4.78, 5) is 14.4. The number of aryl methyl sites for hydroxylation is 1. The third kappa shape index (κ3) is 4.56.